The molecule has 0 radical (unpaired) electrons. The van der Waals surface area contributed by atoms with E-state index < -0.39 is 17.7 Å². The van der Waals surface area contributed by atoms with Crippen LogP contribution in [-0.2, 0) is 18.8 Å². The van der Waals surface area contributed by atoms with E-state index in [0.717, 1.165) is 0 Å². The summed E-state index contributed by atoms with van der Waals surface area (Å²) in [5.41, 5.74) is 0.816. The van der Waals surface area contributed by atoms with Crippen molar-refractivity contribution in [3.8, 4) is 6.07 Å². The van der Waals surface area contributed by atoms with Gasteiger partial charge in [-0.15, -0.1) is 0 Å². The summed E-state index contributed by atoms with van der Waals surface area (Å²) in [6.07, 6.45) is 0. The fraction of sp³-hybridized carbons (Fsp3) is 0.316. The largest absolute Gasteiger partial charge is 0.345 e. The smallest absolute Gasteiger partial charge is 0.308 e. The first kappa shape index (κ1) is 20.8. The van der Waals surface area contributed by atoms with Crippen LogP contribution in [0.5, 0.6) is 0 Å². The van der Waals surface area contributed by atoms with E-state index in [9.17, 15) is 19.9 Å². The summed E-state index contributed by atoms with van der Waals surface area (Å²) in [4.78, 5) is 10.5. The van der Waals surface area contributed by atoms with Gasteiger partial charge in [-0.3, -0.25) is 14.7 Å². The van der Waals surface area contributed by atoms with E-state index in [1.165, 1.54) is 18.2 Å². The molecule has 0 aliphatic carbocycles. The standard InChI is InChI=1S/C19H21N2O5P/c1-4-25-27(24,26-5-2)19(3,16-9-7-6-8-10-16)18-12-11-17(21(22)23)13-15(18)14-20/h6-13H,4-5H2,1-3H3. The van der Waals surface area contributed by atoms with Gasteiger partial charge in [0.1, 0.15) is 5.16 Å². The molecule has 2 rings (SSSR count). The number of hydrogen-bond acceptors (Lipinski definition) is 6. The van der Waals surface area contributed by atoms with Crippen molar-refractivity contribution in [2.45, 2.75) is 25.9 Å². The van der Waals surface area contributed by atoms with E-state index in [2.05, 4.69) is 0 Å². The fourth-order valence-corrected chi connectivity index (χ4v) is 5.25. The first-order valence-corrected chi connectivity index (χ1v) is 10.0. The quantitative estimate of drug-likeness (QED) is 0.358. The third kappa shape index (κ3) is 3.79. The Morgan fingerprint density at radius 2 is 1.74 bits per heavy atom. The van der Waals surface area contributed by atoms with Crippen LogP contribution in [0.1, 0.15) is 37.5 Å². The molecule has 2 aromatic carbocycles. The van der Waals surface area contributed by atoms with Crippen LogP contribution in [0.4, 0.5) is 5.69 Å². The highest BCUT2D eigenvalue weighted by Gasteiger charge is 2.51. The van der Waals surface area contributed by atoms with E-state index in [-0.39, 0.29) is 24.5 Å². The maximum atomic E-state index is 13.8. The Bertz CT molecular complexity index is 900. The van der Waals surface area contributed by atoms with Gasteiger partial charge in [0.25, 0.3) is 5.69 Å². The molecule has 0 aromatic heterocycles. The number of non-ortho nitro benzene ring substituents is 1. The summed E-state index contributed by atoms with van der Waals surface area (Å²) >= 11 is 0. The molecule has 0 fully saturated rings. The van der Waals surface area contributed by atoms with Crippen molar-refractivity contribution in [2.75, 3.05) is 13.2 Å². The minimum atomic E-state index is -3.79. The van der Waals surface area contributed by atoms with Gasteiger partial charge in [-0.25, -0.2) is 0 Å². The SMILES string of the molecule is CCOP(=O)(OCC)C(C)(c1ccccc1)c1ccc([N+](=O)[O-])cc1C#N. The van der Waals surface area contributed by atoms with Gasteiger partial charge in [-0.05, 0) is 38.0 Å². The van der Waals surface area contributed by atoms with E-state index >= 15 is 0 Å². The first-order chi connectivity index (χ1) is 12.8. The Hall–Kier alpha value is -2.52. The van der Waals surface area contributed by atoms with Crippen LogP contribution in [0.2, 0.25) is 0 Å². The second kappa shape index (κ2) is 8.45. The lowest BCUT2D eigenvalue weighted by Gasteiger charge is -2.37. The number of hydrogen-bond donors (Lipinski definition) is 0. The van der Waals surface area contributed by atoms with E-state index in [1.807, 2.05) is 12.1 Å². The van der Waals surface area contributed by atoms with Gasteiger partial charge in [0.15, 0.2) is 0 Å². The summed E-state index contributed by atoms with van der Waals surface area (Å²) in [7, 11) is -3.79. The number of nitro groups is 1. The van der Waals surface area contributed by atoms with Crippen LogP contribution >= 0.6 is 7.60 Å². The molecule has 0 bridgehead atoms. The third-order valence-corrected chi connectivity index (χ3v) is 7.13. The second-order valence-electron chi connectivity index (χ2n) is 5.87. The molecule has 27 heavy (non-hydrogen) atoms. The summed E-state index contributed by atoms with van der Waals surface area (Å²) < 4.78 is 25.1. The normalized spacial score (nSPS) is 13.6. The Balaban J connectivity index is 2.85. The molecule has 0 saturated carbocycles. The zero-order chi connectivity index (χ0) is 20.1. The van der Waals surface area contributed by atoms with E-state index in [1.54, 1.807) is 45.0 Å². The number of rotatable bonds is 8. The Morgan fingerprint density at radius 3 is 2.22 bits per heavy atom. The lowest BCUT2D eigenvalue weighted by molar-refractivity contribution is -0.384. The lowest BCUT2D eigenvalue weighted by atomic mass is 9.88. The molecular weight excluding hydrogens is 367 g/mol. The van der Waals surface area contributed by atoms with Gasteiger partial charge in [0.2, 0.25) is 0 Å². The molecule has 0 spiro atoms. The monoisotopic (exact) mass is 388 g/mol. The van der Waals surface area contributed by atoms with Crippen molar-refractivity contribution in [1.29, 1.82) is 5.26 Å². The van der Waals surface area contributed by atoms with Crippen molar-refractivity contribution in [2.24, 2.45) is 0 Å². The Morgan fingerprint density at radius 1 is 1.15 bits per heavy atom. The summed E-state index contributed by atoms with van der Waals surface area (Å²) in [5, 5.41) is 19.4. The van der Waals surface area contributed by atoms with Crippen molar-refractivity contribution < 1.29 is 18.5 Å². The maximum Gasteiger partial charge on any atom is 0.345 e. The molecule has 0 saturated heterocycles. The fourth-order valence-electron chi connectivity index (χ4n) is 3.02. The molecule has 8 heteroatoms. The number of nitro benzene ring substituents is 1. The van der Waals surface area contributed by atoms with Crippen LogP contribution in [-0.4, -0.2) is 18.1 Å². The molecule has 0 amide bonds. The Labute approximate surface area is 158 Å². The average Bonchev–Trinajstić information content (AvgIpc) is 2.67. The summed E-state index contributed by atoms with van der Waals surface area (Å²) in [5.74, 6) is 0. The molecule has 0 aliphatic rings. The second-order valence-corrected chi connectivity index (χ2v) is 8.28. The van der Waals surface area contributed by atoms with Gasteiger partial charge < -0.3 is 9.05 Å². The minimum absolute atomic E-state index is 0.0511. The number of benzene rings is 2. The molecule has 1 atom stereocenters. The maximum absolute atomic E-state index is 13.8. The highest BCUT2D eigenvalue weighted by atomic mass is 31.2. The van der Waals surface area contributed by atoms with Gasteiger partial charge >= 0.3 is 7.60 Å². The predicted octanol–water partition coefficient (Wildman–Crippen LogP) is 5.00. The topological polar surface area (TPSA) is 102 Å². The molecule has 142 valence electrons. The van der Waals surface area contributed by atoms with Crippen LogP contribution in [0.15, 0.2) is 48.5 Å². The van der Waals surface area contributed by atoms with Crippen LogP contribution in [0, 0.1) is 21.4 Å². The van der Waals surface area contributed by atoms with E-state index in [0.29, 0.717) is 11.1 Å². The van der Waals surface area contributed by atoms with Crippen LogP contribution in [0.25, 0.3) is 0 Å². The van der Waals surface area contributed by atoms with Gasteiger partial charge in [-0.1, -0.05) is 30.3 Å². The minimum Gasteiger partial charge on any atom is -0.308 e. The summed E-state index contributed by atoms with van der Waals surface area (Å²) in [6.45, 7) is 5.38. The molecule has 7 nitrogen and oxygen atoms in total. The Kier molecular flexibility index (Phi) is 6.50. The zero-order valence-electron chi connectivity index (χ0n) is 15.4. The molecule has 0 N–H and O–H groups in total. The molecule has 1 unspecified atom stereocenters. The molecule has 0 heterocycles. The first-order valence-electron chi connectivity index (χ1n) is 8.47. The third-order valence-electron chi connectivity index (χ3n) is 4.34. The zero-order valence-corrected chi connectivity index (χ0v) is 16.3. The van der Waals surface area contributed by atoms with Gasteiger partial charge in [0.05, 0.1) is 29.8 Å². The van der Waals surface area contributed by atoms with Crippen molar-refractivity contribution in [3.05, 3.63) is 75.3 Å². The molecule has 0 aliphatic heterocycles. The van der Waals surface area contributed by atoms with Crippen molar-refractivity contribution >= 4 is 13.3 Å². The van der Waals surface area contributed by atoms with Crippen LogP contribution < -0.4 is 0 Å². The van der Waals surface area contributed by atoms with Crippen LogP contribution in [0.3, 0.4) is 0 Å². The molecule has 2 aromatic rings. The van der Waals surface area contributed by atoms with Gasteiger partial charge in [0, 0.05) is 12.1 Å². The van der Waals surface area contributed by atoms with Crippen molar-refractivity contribution in [3.63, 3.8) is 0 Å². The van der Waals surface area contributed by atoms with Crippen molar-refractivity contribution in [1.82, 2.24) is 0 Å². The van der Waals surface area contributed by atoms with E-state index in [4.69, 9.17) is 9.05 Å². The lowest BCUT2D eigenvalue weighted by Crippen LogP contribution is -2.28. The number of nitriles is 1. The predicted molar refractivity (Wildman–Crippen MR) is 102 cm³/mol. The van der Waals surface area contributed by atoms with Gasteiger partial charge in [-0.2, -0.15) is 5.26 Å². The highest BCUT2D eigenvalue weighted by Crippen LogP contribution is 2.68. The number of nitrogens with zero attached hydrogens (tertiary/aromatic N) is 2. The molecular formula is C19H21N2O5P. The average molecular weight is 388 g/mol. The summed E-state index contributed by atoms with van der Waals surface area (Å²) in [6, 6.07) is 14.8. The highest BCUT2D eigenvalue weighted by molar-refractivity contribution is 7.55.